The molecule has 0 radical (unpaired) electrons. The second kappa shape index (κ2) is 17.5. The summed E-state index contributed by atoms with van der Waals surface area (Å²) in [6.07, 6.45) is -4.36. The molecular formula is C51H60F5N3O6Si. The topological polar surface area (TPSA) is 102 Å². The maximum Gasteiger partial charge on any atom is 0.419 e. The molecule has 0 bridgehead atoms. The number of hydrogen-bond acceptors (Lipinski definition) is 7. The molecule has 354 valence electrons. The minimum absolute atomic E-state index is 0.0392. The zero-order chi connectivity index (χ0) is 48.4. The minimum Gasteiger partial charge on any atom is -0.444 e. The largest absolute Gasteiger partial charge is 0.444 e. The van der Waals surface area contributed by atoms with Crippen LogP contribution in [0.1, 0.15) is 104 Å². The van der Waals surface area contributed by atoms with Gasteiger partial charge in [0.2, 0.25) is 0 Å². The number of aliphatic hydroxyl groups is 1. The molecule has 0 spiro atoms. The lowest BCUT2D eigenvalue weighted by Crippen LogP contribution is -2.67. The first-order valence-electron chi connectivity index (χ1n) is 22.3. The number of nitrogens with zero attached hydrogens (tertiary/aromatic N) is 2. The van der Waals surface area contributed by atoms with Crippen LogP contribution in [0.2, 0.25) is 5.04 Å². The number of likely N-dealkylation sites (tertiary alicyclic amines) is 1. The average molecular weight is 934 g/mol. The number of carbonyl (C=O) groups excluding carboxylic acids is 2. The van der Waals surface area contributed by atoms with Crippen molar-refractivity contribution in [1.29, 1.82) is 0 Å². The van der Waals surface area contributed by atoms with Gasteiger partial charge in [-0.3, -0.25) is 5.32 Å². The maximum absolute atomic E-state index is 17.8. The van der Waals surface area contributed by atoms with Crippen LogP contribution in [0.3, 0.4) is 0 Å². The molecule has 0 saturated carbocycles. The third-order valence-electron chi connectivity index (χ3n) is 12.3. The van der Waals surface area contributed by atoms with Crippen molar-refractivity contribution in [1.82, 2.24) is 14.8 Å². The Morgan fingerprint density at radius 1 is 0.803 bits per heavy atom. The fourth-order valence-corrected chi connectivity index (χ4v) is 14.4. The number of benzene rings is 4. The molecule has 2 N–H and O–H groups in total. The Bertz CT molecular complexity index is 2540. The SMILES string of the molecule is C[C@@H]1Cc2c(n(C(=O)OC(C)(C)C)c3ccc(F)cc23)[C@@](CC(F)(F)CO[Si](c2ccccc2)(c2ccccc2)C(C)(C)C)(c2c(F)cc(C(O)C3CN(C(=O)OC(C)(C)C)C3)cc2F)N1. The number of ether oxygens (including phenoxy) is 2. The second-order valence-electron chi connectivity index (χ2n) is 20.9. The first-order chi connectivity index (χ1) is 30.7. The van der Waals surface area contributed by atoms with Crippen LogP contribution in [0.5, 0.6) is 0 Å². The number of amides is 1. The van der Waals surface area contributed by atoms with Gasteiger partial charge < -0.3 is 23.9 Å². The fourth-order valence-electron chi connectivity index (χ4n) is 9.79. The van der Waals surface area contributed by atoms with Crippen LogP contribution in [0.4, 0.5) is 31.5 Å². The number of carbonyl (C=O) groups is 2. The van der Waals surface area contributed by atoms with Crippen LogP contribution in [0, 0.1) is 23.4 Å². The van der Waals surface area contributed by atoms with Crippen LogP contribution in [-0.4, -0.2) is 77.9 Å². The number of fused-ring (bicyclic) bond motifs is 3. The van der Waals surface area contributed by atoms with E-state index in [1.54, 1.807) is 48.5 Å². The predicted octanol–water partition coefficient (Wildman–Crippen LogP) is 10.1. The van der Waals surface area contributed by atoms with Gasteiger partial charge in [-0.25, -0.2) is 36.1 Å². The molecule has 2 aliphatic rings. The molecule has 9 nitrogen and oxygen atoms in total. The highest BCUT2D eigenvalue weighted by molar-refractivity contribution is 6.99. The lowest BCUT2D eigenvalue weighted by atomic mass is 9.74. The Hall–Kier alpha value is -5.09. The predicted molar refractivity (Wildman–Crippen MR) is 246 cm³/mol. The highest BCUT2D eigenvalue weighted by Crippen LogP contribution is 2.50. The molecule has 2 aliphatic heterocycles. The Morgan fingerprint density at radius 3 is 1.85 bits per heavy atom. The third-order valence-corrected chi connectivity index (χ3v) is 17.3. The van der Waals surface area contributed by atoms with Crippen molar-refractivity contribution in [3.8, 4) is 0 Å². The van der Waals surface area contributed by atoms with E-state index in [9.17, 15) is 14.7 Å². The first kappa shape index (κ1) is 48.8. The fraction of sp³-hybridized carbons (Fsp3) is 0.451. The molecule has 3 atom stereocenters. The van der Waals surface area contributed by atoms with Gasteiger partial charge in [-0.2, -0.15) is 0 Å². The Balaban J connectivity index is 1.40. The van der Waals surface area contributed by atoms with E-state index in [2.05, 4.69) is 5.32 Å². The van der Waals surface area contributed by atoms with Gasteiger partial charge in [0.15, 0.2) is 0 Å². The van der Waals surface area contributed by atoms with E-state index < -0.39 is 102 Å². The van der Waals surface area contributed by atoms with Crippen LogP contribution in [-0.2, 0) is 25.9 Å². The molecule has 7 rings (SSSR count). The first-order valence-corrected chi connectivity index (χ1v) is 24.2. The van der Waals surface area contributed by atoms with E-state index in [0.717, 1.165) is 33.1 Å². The lowest BCUT2D eigenvalue weighted by Gasteiger charge is -2.46. The van der Waals surface area contributed by atoms with Crippen LogP contribution in [0.15, 0.2) is 91.0 Å². The highest BCUT2D eigenvalue weighted by atomic mass is 28.4. The summed E-state index contributed by atoms with van der Waals surface area (Å²) in [7, 11) is -3.61. The van der Waals surface area contributed by atoms with Gasteiger partial charge in [-0.15, -0.1) is 0 Å². The van der Waals surface area contributed by atoms with Crippen LogP contribution < -0.4 is 15.7 Å². The molecule has 0 aliphatic carbocycles. The summed E-state index contributed by atoms with van der Waals surface area (Å²) in [5, 5.41) is 15.6. The zero-order valence-corrected chi connectivity index (χ0v) is 40.2. The van der Waals surface area contributed by atoms with E-state index in [-0.39, 0.29) is 47.2 Å². The Kier molecular flexibility index (Phi) is 13.0. The van der Waals surface area contributed by atoms with E-state index in [1.807, 2.05) is 81.4 Å². The minimum atomic E-state index is -3.89. The molecule has 1 aromatic heterocycles. The zero-order valence-electron chi connectivity index (χ0n) is 39.2. The summed E-state index contributed by atoms with van der Waals surface area (Å²) < 4.78 is 105. The van der Waals surface area contributed by atoms with E-state index in [1.165, 1.54) is 17.0 Å². The van der Waals surface area contributed by atoms with Crippen molar-refractivity contribution in [3.63, 3.8) is 0 Å². The van der Waals surface area contributed by atoms with E-state index >= 15 is 22.0 Å². The van der Waals surface area contributed by atoms with Crippen molar-refractivity contribution in [2.24, 2.45) is 5.92 Å². The number of alkyl halides is 2. The van der Waals surface area contributed by atoms with Crippen molar-refractivity contribution < 1.29 is 50.5 Å². The Labute approximate surface area is 384 Å². The molecule has 1 saturated heterocycles. The summed E-state index contributed by atoms with van der Waals surface area (Å²) in [4.78, 5) is 28.5. The molecule has 3 heterocycles. The summed E-state index contributed by atoms with van der Waals surface area (Å²) in [5.74, 6) is -7.75. The Morgan fingerprint density at radius 2 is 1.33 bits per heavy atom. The van der Waals surface area contributed by atoms with Crippen LogP contribution in [0.25, 0.3) is 10.9 Å². The van der Waals surface area contributed by atoms with Crippen molar-refractivity contribution >= 4 is 41.8 Å². The van der Waals surface area contributed by atoms with Crippen molar-refractivity contribution in [2.45, 2.75) is 122 Å². The molecule has 4 aromatic carbocycles. The van der Waals surface area contributed by atoms with Crippen molar-refractivity contribution in [3.05, 3.63) is 131 Å². The number of halogens is 5. The molecular weight excluding hydrogens is 874 g/mol. The van der Waals surface area contributed by atoms with Gasteiger partial charge in [0.05, 0.1) is 29.5 Å². The second-order valence-corrected chi connectivity index (χ2v) is 25.2. The molecule has 5 aromatic rings. The summed E-state index contributed by atoms with van der Waals surface area (Å²) >= 11 is 0. The van der Waals surface area contributed by atoms with Gasteiger partial charge in [0, 0.05) is 42.4 Å². The molecule has 1 amide bonds. The number of aliphatic hydroxyl groups excluding tert-OH is 1. The number of rotatable bonds is 10. The normalized spacial score (nSPS) is 19.0. The number of aromatic nitrogens is 1. The van der Waals surface area contributed by atoms with Crippen molar-refractivity contribution in [2.75, 3.05) is 19.7 Å². The monoisotopic (exact) mass is 933 g/mol. The van der Waals surface area contributed by atoms with E-state index in [4.69, 9.17) is 13.9 Å². The molecule has 15 heteroatoms. The summed E-state index contributed by atoms with van der Waals surface area (Å²) in [6, 6.07) is 23.0. The molecule has 66 heavy (non-hydrogen) atoms. The van der Waals surface area contributed by atoms with Crippen LogP contribution >= 0.6 is 0 Å². The standard InChI is InChI=1S/C51H60F5N3O6Si/c1-31-23-38-37-26-34(52)21-22-41(37)59(46(62)65-48(5,6)7)44(38)51(57-31,42-39(53)24-32(25-40(42)54)43(60)33-27-58(28-33)45(61)64-47(2,3)4)29-50(55,56)30-63-66(49(8,9)10,35-17-13-11-14-18-35)36-19-15-12-16-20-36/h11-22,24-26,31,33,43,57,60H,23,27-30H2,1-10H3/t31-,43?,51-/m1/s1. The van der Waals surface area contributed by atoms with E-state index in [0.29, 0.717) is 0 Å². The molecule has 1 fully saturated rings. The third kappa shape index (κ3) is 9.41. The summed E-state index contributed by atoms with van der Waals surface area (Å²) in [5.41, 5.74) is -5.36. The quantitative estimate of drug-likeness (QED) is 0.106. The summed E-state index contributed by atoms with van der Waals surface area (Å²) in [6.45, 7) is 16.4. The van der Waals surface area contributed by atoms with Gasteiger partial charge in [0.25, 0.3) is 14.2 Å². The average Bonchev–Trinajstić information content (AvgIpc) is 3.50. The van der Waals surface area contributed by atoms with Gasteiger partial charge >= 0.3 is 12.2 Å². The van der Waals surface area contributed by atoms with Gasteiger partial charge in [0.1, 0.15) is 28.7 Å². The lowest BCUT2D eigenvalue weighted by molar-refractivity contribution is -0.0705. The van der Waals surface area contributed by atoms with Gasteiger partial charge in [-0.05, 0) is 112 Å². The molecule has 1 unspecified atom stereocenters. The smallest absolute Gasteiger partial charge is 0.419 e. The van der Waals surface area contributed by atoms with Gasteiger partial charge in [-0.1, -0.05) is 81.4 Å². The maximum atomic E-state index is 17.8. The number of nitrogens with one attached hydrogen (secondary N) is 1. The highest BCUT2D eigenvalue weighted by Gasteiger charge is 2.57. The number of hydrogen-bond donors (Lipinski definition) is 2.